The van der Waals surface area contributed by atoms with Crippen molar-refractivity contribution in [1.82, 2.24) is 30.9 Å². The number of aromatic amines is 1. The van der Waals surface area contributed by atoms with E-state index in [1.54, 1.807) is 6.20 Å². The Hall–Kier alpha value is -2.41. The average Bonchev–Trinajstić information content (AvgIpc) is 3.09. The fourth-order valence-corrected chi connectivity index (χ4v) is 3.70. The van der Waals surface area contributed by atoms with E-state index in [2.05, 4.69) is 32.8 Å². The summed E-state index contributed by atoms with van der Waals surface area (Å²) in [6.07, 6.45) is 8.00. The predicted molar refractivity (Wildman–Crippen MR) is 107 cm³/mol. The van der Waals surface area contributed by atoms with E-state index in [0.717, 1.165) is 25.1 Å². The molecule has 7 nitrogen and oxygen atoms in total. The molecule has 2 heterocycles. The third-order valence-corrected chi connectivity index (χ3v) is 4.93. The van der Waals surface area contributed by atoms with Gasteiger partial charge in [-0.05, 0) is 51.6 Å². The van der Waals surface area contributed by atoms with Crippen LogP contribution in [0.1, 0.15) is 68.5 Å². The van der Waals surface area contributed by atoms with Crippen molar-refractivity contribution in [2.24, 2.45) is 0 Å². The van der Waals surface area contributed by atoms with E-state index in [0.29, 0.717) is 16.7 Å². The first-order valence-corrected chi connectivity index (χ1v) is 9.83. The molecule has 1 aliphatic rings. The number of nitrogens with one attached hydrogen (secondary N) is 4. The Labute approximate surface area is 160 Å². The lowest BCUT2D eigenvalue weighted by Gasteiger charge is -2.27. The van der Waals surface area contributed by atoms with Crippen molar-refractivity contribution in [3.05, 3.63) is 34.9 Å². The van der Waals surface area contributed by atoms with Gasteiger partial charge in [-0.2, -0.15) is 0 Å². The molecule has 7 heteroatoms. The molecule has 3 rings (SSSR count). The van der Waals surface area contributed by atoms with Crippen LogP contribution in [0.2, 0.25) is 0 Å². The van der Waals surface area contributed by atoms with Crippen LogP contribution >= 0.6 is 0 Å². The zero-order valence-corrected chi connectivity index (χ0v) is 16.6. The number of carbonyl (C=O) groups excluding carboxylic acids is 1. The lowest BCUT2D eigenvalue weighted by molar-refractivity contribution is 0.0944. The molecule has 4 N–H and O–H groups in total. The Kier molecular flexibility index (Phi) is 6.11. The summed E-state index contributed by atoms with van der Waals surface area (Å²) >= 11 is 0. The second kappa shape index (κ2) is 8.52. The highest BCUT2D eigenvalue weighted by atomic mass is 16.1. The van der Waals surface area contributed by atoms with Crippen molar-refractivity contribution >= 4 is 17.1 Å². The monoisotopic (exact) mass is 370 g/mol. The summed E-state index contributed by atoms with van der Waals surface area (Å²) in [6, 6.07) is 0.0734. The molecule has 0 fully saturated rings. The molecule has 0 aliphatic heterocycles. The maximum absolute atomic E-state index is 12.5. The third kappa shape index (κ3) is 4.13. The van der Waals surface area contributed by atoms with Crippen LogP contribution < -0.4 is 16.0 Å². The maximum atomic E-state index is 12.5. The molecule has 0 bridgehead atoms. The second-order valence-electron chi connectivity index (χ2n) is 7.27. The van der Waals surface area contributed by atoms with E-state index in [1.165, 1.54) is 24.1 Å². The molecule has 2 aromatic rings. The van der Waals surface area contributed by atoms with Gasteiger partial charge < -0.3 is 20.9 Å². The van der Waals surface area contributed by atoms with Gasteiger partial charge in [0.25, 0.3) is 5.91 Å². The van der Waals surface area contributed by atoms with Gasteiger partial charge in [-0.1, -0.05) is 6.92 Å². The lowest BCUT2D eigenvalue weighted by atomic mass is 9.89. The summed E-state index contributed by atoms with van der Waals surface area (Å²) in [5.41, 5.74) is 5.29. The van der Waals surface area contributed by atoms with Crippen molar-refractivity contribution in [3.63, 3.8) is 0 Å². The topological polar surface area (TPSA) is 94.7 Å². The van der Waals surface area contributed by atoms with Crippen LogP contribution in [0, 0.1) is 0 Å². The minimum absolute atomic E-state index is 0.00515. The standard InChI is InChI=1S/C20H30N6O/c1-5-22-17(13-8-6-7-9-15(13)21-4)16-11-24-19-18(26-16)14(10-23-19)20(27)25-12(2)3/h10-12,17,21-22H,5-9H2,1-4H3,(H,23,24)(H,25,27). The maximum Gasteiger partial charge on any atom is 0.255 e. The molecule has 0 spiro atoms. The van der Waals surface area contributed by atoms with Crippen LogP contribution in [0.3, 0.4) is 0 Å². The fraction of sp³-hybridized carbons (Fsp3) is 0.550. The van der Waals surface area contributed by atoms with E-state index in [4.69, 9.17) is 4.98 Å². The number of H-pyrrole nitrogens is 1. The number of fused-ring (bicyclic) bond motifs is 1. The molecule has 2 aromatic heterocycles. The van der Waals surface area contributed by atoms with Crippen LogP contribution in [0.5, 0.6) is 0 Å². The average molecular weight is 371 g/mol. The Balaban J connectivity index is 2.03. The third-order valence-electron chi connectivity index (χ3n) is 4.93. The molecule has 146 valence electrons. The first kappa shape index (κ1) is 19.4. The zero-order chi connectivity index (χ0) is 19.4. The highest BCUT2D eigenvalue weighted by molar-refractivity contribution is 6.04. The molecule has 0 saturated heterocycles. The summed E-state index contributed by atoms with van der Waals surface area (Å²) in [5.74, 6) is -0.129. The van der Waals surface area contributed by atoms with Crippen LogP contribution in [-0.4, -0.2) is 40.5 Å². The number of likely N-dealkylation sites (N-methyl/N-ethyl adjacent to an activating group) is 1. The first-order valence-electron chi connectivity index (χ1n) is 9.83. The first-order chi connectivity index (χ1) is 13.0. The van der Waals surface area contributed by atoms with Gasteiger partial charge in [-0.15, -0.1) is 0 Å². The number of carbonyl (C=O) groups is 1. The Morgan fingerprint density at radius 2 is 2.07 bits per heavy atom. The number of amides is 1. The van der Waals surface area contributed by atoms with Gasteiger partial charge in [0.15, 0.2) is 5.65 Å². The van der Waals surface area contributed by atoms with E-state index in [9.17, 15) is 4.79 Å². The van der Waals surface area contributed by atoms with Gasteiger partial charge in [-0.3, -0.25) is 4.79 Å². The normalized spacial score (nSPS) is 16.0. The molecular weight excluding hydrogens is 340 g/mol. The number of aromatic nitrogens is 3. The summed E-state index contributed by atoms with van der Waals surface area (Å²) in [7, 11) is 1.99. The summed E-state index contributed by atoms with van der Waals surface area (Å²) in [6.45, 7) is 6.82. The van der Waals surface area contributed by atoms with E-state index in [-0.39, 0.29) is 18.0 Å². The summed E-state index contributed by atoms with van der Waals surface area (Å²) < 4.78 is 0. The highest BCUT2D eigenvalue weighted by Gasteiger charge is 2.24. The number of allylic oxidation sites excluding steroid dienone is 1. The van der Waals surface area contributed by atoms with Crippen molar-refractivity contribution in [1.29, 1.82) is 0 Å². The van der Waals surface area contributed by atoms with Crippen molar-refractivity contribution in [2.75, 3.05) is 13.6 Å². The fourth-order valence-electron chi connectivity index (χ4n) is 3.70. The second-order valence-corrected chi connectivity index (χ2v) is 7.27. The Bertz CT molecular complexity index is 838. The molecule has 1 amide bonds. The van der Waals surface area contributed by atoms with Gasteiger partial charge >= 0.3 is 0 Å². The van der Waals surface area contributed by atoms with Gasteiger partial charge in [0, 0.05) is 25.0 Å². The SMILES string of the molecule is CCNC(C1=C(NC)CCCC1)c1cnc2[nH]cc(C(=O)NC(C)C)c2n1. The van der Waals surface area contributed by atoms with Crippen molar-refractivity contribution in [2.45, 2.75) is 58.5 Å². The molecule has 27 heavy (non-hydrogen) atoms. The van der Waals surface area contributed by atoms with Crippen LogP contribution in [-0.2, 0) is 0 Å². The smallest absolute Gasteiger partial charge is 0.255 e. The largest absolute Gasteiger partial charge is 0.391 e. The van der Waals surface area contributed by atoms with E-state index in [1.807, 2.05) is 27.1 Å². The molecule has 0 saturated carbocycles. The van der Waals surface area contributed by atoms with E-state index >= 15 is 0 Å². The molecule has 1 aliphatic carbocycles. The number of hydrogen-bond donors (Lipinski definition) is 4. The number of nitrogens with zero attached hydrogens (tertiary/aromatic N) is 2. The number of hydrogen-bond acceptors (Lipinski definition) is 5. The highest BCUT2D eigenvalue weighted by Crippen LogP contribution is 2.32. The molecule has 0 radical (unpaired) electrons. The zero-order valence-electron chi connectivity index (χ0n) is 16.6. The van der Waals surface area contributed by atoms with Gasteiger partial charge in [-0.25, -0.2) is 9.97 Å². The van der Waals surface area contributed by atoms with Crippen molar-refractivity contribution < 1.29 is 4.79 Å². The molecule has 0 aromatic carbocycles. The minimum Gasteiger partial charge on any atom is -0.391 e. The quantitative estimate of drug-likeness (QED) is 0.601. The number of rotatable bonds is 7. The van der Waals surface area contributed by atoms with Crippen LogP contribution in [0.15, 0.2) is 23.7 Å². The minimum atomic E-state index is -0.129. The predicted octanol–water partition coefficient (Wildman–Crippen LogP) is 2.79. The van der Waals surface area contributed by atoms with Gasteiger partial charge in [0.1, 0.15) is 5.52 Å². The van der Waals surface area contributed by atoms with Crippen LogP contribution in [0.25, 0.3) is 11.2 Å². The molecule has 1 atom stereocenters. The Morgan fingerprint density at radius 3 is 2.78 bits per heavy atom. The summed E-state index contributed by atoms with van der Waals surface area (Å²) in [4.78, 5) is 24.9. The molecular formula is C20H30N6O. The van der Waals surface area contributed by atoms with Crippen molar-refractivity contribution in [3.8, 4) is 0 Å². The van der Waals surface area contributed by atoms with Gasteiger partial charge in [0.2, 0.25) is 0 Å². The molecule has 1 unspecified atom stereocenters. The lowest BCUT2D eigenvalue weighted by Crippen LogP contribution is -2.30. The Morgan fingerprint density at radius 1 is 1.30 bits per heavy atom. The van der Waals surface area contributed by atoms with E-state index < -0.39 is 0 Å². The van der Waals surface area contributed by atoms with Crippen LogP contribution in [0.4, 0.5) is 0 Å². The van der Waals surface area contributed by atoms with Gasteiger partial charge in [0.05, 0.1) is 23.5 Å². The summed E-state index contributed by atoms with van der Waals surface area (Å²) in [5, 5.41) is 9.86.